The number of aliphatic hydroxyl groups is 2. The predicted octanol–water partition coefficient (Wildman–Crippen LogP) is 20.5. The van der Waals surface area contributed by atoms with Gasteiger partial charge in [0.2, 0.25) is 5.91 Å². The largest absolute Gasteiger partial charge is 0.466 e. The topological polar surface area (TPSA) is 95.9 Å². The van der Waals surface area contributed by atoms with Crippen LogP contribution in [0, 0.1) is 0 Å². The molecule has 0 fully saturated rings. The van der Waals surface area contributed by atoms with E-state index in [2.05, 4.69) is 55.6 Å². The van der Waals surface area contributed by atoms with Crippen LogP contribution < -0.4 is 5.32 Å². The van der Waals surface area contributed by atoms with Gasteiger partial charge in [0.05, 0.1) is 25.4 Å². The first kappa shape index (κ1) is 70.8. The number of amides is 1. The van der Waals surface area contributed by atoms with Crippen molar-refractivity contribution in [1.29, 1.82) is 0 Å². The van der Waals surface area contributed by atoms with Crippen LogP contribution in [0.25, 0.3) is 0 Å². The fourth-order valence-corrected chi connectivity index (χ4v) is 9.84. The zero-order chi connectivity index (χ0) is 52.9. The van der Waals surface area contributed by atoms with E-state index in [1.165, 1.54) is 263 Å². The Balaban J connectivity index is 3.34. The minimum absolute atomic E-state index is 0.00265. The zero-order valence-electron chi connectivity index (χ0n) is 48.9. The van der Waals surface area contributed by atoms with E-state index in [0.29, 0.717) is 19.4 Å². The van der Waals surface area contributed by atoms with Crippen molar-refractivity contribution in [3.63, 3.8) is 0 Å². The highest BCUT2D eigenvalue weighted by Crippen LogP contribution is 2.17. The summed E-state index contributed by atoms with van der Waals surface area (Å²) in [6.45, 7) is 4.83. The number of esters is 1. The Morgan fingerprint density at radius 2 is 0.712 bits per heavy atom. The predicted molar refractivity (Wildman–Crippen MR) is 319 cm³/mol. The molecule has 0 radical (unpaired) electrons. The molecule has 0 saturated heterocycles. The van der Waals surface area contributed by atoms with Crippen molar-refractivity contribution >= 4 is 11.9 Å². The van der Waals surface area contributed by atoms with Crippen molar-refractivity contribution in [3.8, 4) is 0 Å². The molecule has 2 unspecified atom stereocenters. The zero-order valence-corrected chi connectivity index (χ0v) is 48.9. The summed E-state index contributed by atoms with van der Waals surface area (Å²) in [7, 11) is 0. The van der Waals surface area contributed by atoms with E-state index in [-0.39, 0.29) is 18.5 Å². The third kappa shape index (κ3) is 58.9. The second-order valence-corrected chi connectivity index (χ2v) is 22.1. The van der Waals surface area contributed by atoms with E-state index in [4.69, 9.17) is 4.74 Å². The van der Waals surface area contributed by atoms with Crippen LogP contribution in [0.4, 0.5) is 0 Å². The molecule has 0 saturated carbocycles. The molecule has 0 aliphatic carbocycles. The lowest BCUT2D eigenvalue weighted by Crippen LogP contribution is -2.45. The van der Waals surface area contributed by atoms with Crippen LogP contribution in [0.5, 0.6) is 0 Å². The van der Waals surface area contributed by atoms with Gasteiger partial charge in [-0.15, -0.1) is 0 Å². The molecule has 0 bridgehead atoms. The van der Waals surface area contributed by atoms with Crippen molar-refractivity contribution in [1.82, 2.24) is 5.32 Å². The second-order valence-electron chi connectivity index (χ2n) is 22.1. The van der Waals surface area contributed by atoms with Gasteiger partial charge in [-0.3, -0.25) is 9.59 Å². The fraction of sp³-hybridized carbons (Fsp3) is 0.851. The lowest BCUT2D eigenvalue weighted by Gasteiger charge is -2.20. The first-order chi connectivity index (χ1) is 36.0. The van der Waals surface area contributed by atoms with Crippen molar-refractivity contribution in [2.24, 2.45) is 0 Å². The van der Waals surface area contributed by atoms with Crippen LogP contribution in [0.3, 0.4) is 0 Å². The van der Waals surface area contributed by atoms with Crippen LogP contribution in [-0.2, 0) is 14.3 Å². The molecule has 428 valence electrons. The number of hydrogen-bond donors (Lipinski definition) is 3. The minimum Gasteiger partial charge on any atom is -0.466 e. The van der Waals surface area contributed by atoms with Gasteiger partial charge in [-0.05, 0) is 83.5 Å². The number of carbonyl (C=O) groups is 2. The number of ether oxygens (including phenoxy) is 1. The highest BCUT2D eigenvalue weighted by atomic mass is 16.5. The molecule has 0 aromatic carbocycles. The van der Waals surface area contributed by atoms with Gasteiger partial charge in [-0.2, -0.15) is 0 Å². The van der Waals surface area contributed by atoms with Crippen LogP contribution in [-0.4, -0.2) is 47.4 Å². The highest BCUT2D eigenvalue weighted by Gasteiger charge is 2.18. The van der Waals surface area contributed by atoms with Gasteiger partial charge >= 0.3 is 5.97 Å². The van der Waals surface area contributed by atoms with Crippen LogP contribution in [0.15, 0.2) is 48.6 Å². The number of aliphatic hydroxyl groups excluding tert-OH is 2. The van der Waals surface area contributed by atoms with Crippen LogP contribution in [0.2, 0.25) is 0 Å². The van der Waals surface area contributed by atoms with Crippen molar-refractivity contribution in [3.05, 3.63) is 48.6 Å². The van der Waals surface area contributed by atoms with E-state index >= 15 is 0 Å². The second kappa shape index (κ2) is 62.4. The molecule has 0 aromatic heterocycles. The first-order valence-corrected chi connectivity index (χ1v) is 32.4. The summed E-state index contributed by atoms with van der Waals surface area (Å²) in [6.07, 6.45) is 80.5. The van der Waals surface area contributed by atoms with E-state index in [1.54, 1.807) is 6.08 Å². The molecule has 0 aliphatic heterocycles. The summed E-state index contributed by atoms with van der Waals surface area (Å²) in [6, 6.07) is -0.624. The quantitative estimate of drug-likeness (QED) is 0.0320. The molecule has 6 nitrogen and oxygen atoms in total. The monoisotopic (exact) mass is 1020 g/mol. The maximum atomic E-state index is 12.4. The molecule has 73 heavy (non-hydrogen) atoms. The molecule has 0 heterocycles. The molecule has 2 atom stereocenters. The molecule has 3 N–H and O–H groups in total. The van der Waals surface area contributed by atoms with Crippen LogP contribution in [0.1, 0.15) is 341 Å². The van der Waals surface area contributed by atoms with E-state index in [1.807, 2.05) is 6.08 Å². The average molecular weight is 1020 g/mol. The third-order valence-electron chi connectivity index (χ3n) is 14.8. The number of carbonyl (C=O) groups excluding carboxylic acids is 2. The van der Waals surface area contributed by atoms with Gasteiger partial charge in [-0.25, -0.2) is 0 Å². The lowest BCUT2D eigenvalue weighted by molar-refractivity contribution is -0.143. The summed E-state index contributed by atoms with van der Waals surface area (Å²) in [5, 5.41) is 23.0. The molecule has 0 aromatic rings. The average Bonchev–Trinajstić information content (AvgIpc) is 3.39. The molecule has 1 amide bonds. The van der Waals surface area contributed by atoms with E-state index < -0.39 is 12.1 Å². The number of allylic oxidation sites excluding steroid dienone is 7. The Hall–Kier alpha value is -2.18. The van der Waals surface area contributed by atoms with Gasteiger partial charge in [-0.1, -0.05) is 294 Å². The van der Waals surface area contributed by atoms with Gasteiger partial charge < -0.3 is 20.3 Å². The molecular weight excluding hydrogens is 899 g/mol. The molecule has 0 aliphatic rings. The summed E-state index contributed by atoms with van der Waals surface area (Å²) in [5.41, 5.74) is 0. The smallest absolute Gasteiger partial charge is 0.305 e. The Bertz CT molecular complexity index is 1230. The maximum absolute atomic E-state index is 12.4. The first-order valence-electron chi connectivity index (χ1n) is 32.4. The summed E-state index contributed by atoms with van der Waals surface area (Å²) in [4.78, 5) is 24.4. The highest BCUT2D eigenvalue weighted by molar-refractivity contribution is 5.76. The fourth-order valence-electron chi connectivity index (χ4n) is 9.84. The Morgan fingerprint density at radius 1 is 0.384 bits per heavy atom. The molecule has 6 heteroatoms. The Kier molecular flexibility index (Phi) is 60.5. The lowest BCUT2D eigenvalue weighted by atomic mass is 10.0. The number of rotatable bonds is 60. The van der Waals surface area contributed by atoms with Gasteiger partial charge in [0.15, 0.2) is 0 Å². The normalized spacial score (nSPS) is 12.9. The maximum Gasteiger partial charge on any atom is 0.305 e. The molecule has 0 rings (SSSR count). The van der Waals surface area contributed by atoms with Crippen molar-refractivity contribution < 1.29 is 24.5 Å². The third-order valence-corrected chi connectivity index (χ3v) is 14.8. The summed E-state index contributed by atoms with van der Waals surface area (Å²) >= 11 is 0. The number of unbranched alkanes of at least 4 members (excludes halogenated alkanes) is 43. The van der Waals surface area contributed by atoms with Crippen molar-refractivity contribution in [2.75, 3.05) is 13.2 Å². The van der Waals surface area contributed by atoms with Gasteiger partial charge in [0, 0.05) is 12.8 Å². The van der Waals surface area contributed by atoms with E-state index in [9.17, 15) is 19.8 Å². The van der Waals surface area contributed by atoms with Gasteiger partial charge in [0.1, 0.15) is 0 Å². The Morgan fingerprint density at radius 3 is 1.11 bits per heavy atom. The Labute approximate surface area is 455 Å². The number of nitrogens with one attached hydrogen (secondary N) is 1. The standard InChI is InChI=1S/C67H125NO5/c1-3-5-7-9-11-13-15-37-41-45-49-53-57-61-67(72)73-62-58-54-50-46-42-39-36-34-32-30-28-26-24-22-20-18-16-17-19-21-23-25-27-29-31-33-35-38-40-44-48-52-56-60-66(71)68-64(63-69)65(70)59-55-51-47-43-14-12-10-8-6-4-2/h7,9,13,15,20,22,55,59,64-65,69-70H,3-6,8,10-12,14,16-19,21,23-54,56-58,60-63H2,1-2H3,(H,68,71)/b9-7-,15-13-,22-20-,59-55+. The summed E-state index contributed by atoms with van der Waals surface area (Å²) < 4.78 is 5.47. The molecular formula is C67H125NO5. The van der Waals surface area contributed by atoms with Crippen molar-refractivity contribution in [2.45, 2.75) is 353 Å². The SMILES string of the molecule is CCC/C=C\C/C=C\CCCCCCCC(=O)OCCCCCCCCCCCCCC/C=C\CCCCCCCCCCCCCCCCCCCC(=O)NC(CO)C(O)/C=C/CCCCCCCCCC. The minimum atomic E-state index is -0.840. The number of hydrogen-bond acceptors (Lipinski definition) is 5. The van der Waals surface area contributed by atoms with E-state index in [0.717, 1.165) is 51.4 Å². The van der Waals surface area contributed by atoms with Crippen LogP contribution >= 0.6 is 0 Å². The summed E-state index contributed by atoms with van der Waals surface area (Å²) in [5.74, 6) is -0.0637. The van der Waals surface area contributed by atoms with Gasteiger partial charge in [0.25, 0.3) is 0 Å². The molecule has 0 spiro atoms.